The van der Waals surface area contributed by atoms with Crippen molar-refractivity contribution >= 4 is 7.60 Å². The topological polar surface area (TPSA) is 84.6 Å². The molecule has 0 rings (SSSR count). The summed E-state index contributed by atoms with van der Waals surface area (Å²) in [6, 6.07) is 1.82. The molecule has 0 fully saturated rings. The highest BCUT2D eigenvalue weighted by atomic mass is 31.2. The van der Waals surface area contributed by atoms with Gasteiger partial charge in [0.15, 0.2) is 0 Å². The maximum Gasteiger partial charge on any atom is 0.339 e. The second kappa shape index (κ2) is 4.47. The van der Waals surface area contributed by atoms with E-state index < -0.39 is 7.60 Å². The Morgan fingerprint density at radius 3 is 2.45 bits per heavy atom. The molecule has 0 radical (unpaired) electrons. The van der Waals surface area contributed by atoms with Gasteiger partial charge >= 0.3 is 7.60 Å². The summed E-state index contributed by atoms with van der Waals surface area (Å²) in [5, 5.41) is 8.22. The van der Waals surface area contributed by atoms with Crippen molar-refractivity contribution in [1.29, 1.82) is 5.26 Å². The van der Waals surface area contributed by atoms with E-state index in [0.717, 1.165) is 0 Å². The molecule has 0 atom stereocenters. The fourth-order valence-corrected chi connectivity index (χ4v) is 1.44. The fourth-order valence-electron chi connectivity index (χ4n) is 0.622. The average Bonchev–Trinajstić information content (AvgIpc) is 1.84. The minimum Gasteiger partial charge on any atom is -0.324 e. The Hall–Kier alpha value is -0.400. The maximum atomic E-state index is 10.4. The molecule has 5 nitrogen and oxygen atoms in total. The predicted octanol–water partition coefficient (Wildman–Crippen LogP) is -0.0329. The van der Waals surface area contributed by atoms with Crippen LogP contribution in [0.5, 0.6) is 0 Å². The van der Waals surface area contributed by atoms with Crippen molar-refractivity contribution in [3.8, 4) is 6.07 Å². The van der Waals surface area contributed by atoms with Crippen LogP contribution in [0.4, 0.5) is 0 Å². The van der Waals surface area contributed by atoms with Crippen molar-refractivity contribution in [1.82, 2.24) is 4.90 Å². The van der Waals surface area contributed by atoms with Gasteiger partial charge in [0.25, 0.3) is 0 Å². The molecule has 0 aromatic heterocycles. The van der Waals surface area contributed by atoms with Gasteiger partial charge in [0.2, 0.25) is 0 Å². The van der Waals surface area contributed by atoms with Gasteiger partial charge in [-0.3, -0.25) is 9.46 Å². The van der Waals surface area contributed by atoms with E-state index in [2.05, 4.69) is 0 Å². The van der Waals surface area contributed by atoms with E-state index in [4.69, 9.17) is 15.0 Å². The largest absolute Gasteiger partial charge is 0.339 e. The molecule has 64 valence electrons. The van der Waals surface area contributed by atoms with E-state index in [1.165, 1.54) is 4.90 Å². The van der Waals surface area contributed by atoms with Crippen LogP contribution in [0.2, 0.25) is 0 Å². The van der Waals surface area contributed by atoms with Crippen LogP contribution in [0.15, 0.2) is 0 Å². The first-order valence-electron chi connectivity index (χ1n) is 3.13. The summed E-state index contributed by atoms with van der Waals surface area (Å²) in [5.41, 5.74) is 0. The Bertz CT molecular complexity index is 194. The first-order valence-corrected chi connectivity index (χ1v) is 4.93. The lowest BCUT2D eigenvalue weighted by atomic mass is 10.6. The lowest BCUT2D eigenvalue weighted by Gasteiger charge is -2.16. The molecule has 0 aliphatic carbocycles. The summed E-state index contributed by atoms with van der Waals surface area (Å²) in [6.07, 6.45) is -0.336. The van der Waals surface area contributed by atoms with E-state index in [1.54, 1.807) is 6.92 Å². The number of rotatable bonds is 4. The minimum absolute atomic E-state index is 0.0572. The van der Waals surface area contributed by atoms with Crippen LogP contribution in [0.25, 0.3) is 0 Å². The molecule has 6 heteroatoms. The summed E-state index contributed by atoms with van der Waals surface area (Å²) < 4.78 is 10.4. The van der Waals surface area contributed by atoms with Gasteiger partial charge in [-0.15, -0.1) is 0 Å². The second-order valence-corrected chi connectivity index (χ2v) is 3.72. The average molecular weight is 178 g/mol. The molecule has 0 amide bonds. The number of hydrogen-bond acceptors (Lipinski definition) is 3. The van der Waals surface area contributed by atoms with Crippen molar-refractivity contribution < 1.29 is 14.4 Å². The van der Waals surface area contributed by atoms with Gasteiger partial charge in [-0.25, -0.2) is 0 Å². The smallest absolute Gasteiger partial charge is 0.324 e. The standard InChI is InChI=1S/C5H11N2O3P/c1-2-7(4-3-6)5-11(8,9)10/h2,4-5H2,1H3,(H2,8,9,10). The molecule has 0 spiro atoms. The molecule has 0 saturated carbocycles. The van der Waals surface area contributed by atoms with Crippen LogP contribution in [0.1, 0.15) is 6.92 Å². The maximum absolute atomic E-state index is 10.4. The van der Waals surface area contributed by atoms with Gasteiger partial charge in [0.05, 0.1) is 12.6 Å². The third-order valence-electron chi connectivity index (χ3n) is 1.13. The zero-order chi connectivity index (χ0) is 8.91. The lowest BCUT2D eigenvalue weighted by Crippen LogP contribution is -2.24. The molecule has 0 bridgehead atoms. The molecule has 11 heavy (non-hydrogen) atoms. The van der Waals surface area contributed by atoms with Gasteiger partial charge in [-0.2, -0.15) is 5.26 Å². The quantitative estimate of drug-likeness (QED) is 0.466. The normalized spacial score (nSPS) is 11.5. The molecule has 0 aliphatic rings. The molecular weight excluding hydrogens is 167 g/mol. The summed E-state index contributed by atoms with van der Waals surface area (Å²) in [4.78, 5) is 18.4. The zero-order valence-electron chi connectivity index (χ0n) is 6.27. The zero-order valence-corrected chi connectivity index (χ0v) is 7.16. The van der Waals surface area contributed by atoms with Crippen molar-refractivity contribution in [2.45, 2.75) is 6.92 Å². The van der Waals surface area contributed by atoms with Crippen LogP contribution in [-0.2, 0) is 4.57 Å². The second-order valence-electron chi connectivity index (χ2n) is 2.11. The van der Waals surface area contributed by atoms with Gasteiger partial charge in [-0.05, 0) is 6.54 Å². The minimum atomic E-state index is -3.99. The number of nitrogens with zero attached hydrogens (tertiary/aromatic N) is 2. The monoisotopic (exact) mass is 178 g/mol. The summed E-state index contributed by atoms with van der Waals surface area (Å²) in [6.45, 7) is 2.27. The highest BCUT2D eigenvalue weighted by Gasteiger charge is 2.17. The third-order valence-corrected chi connectivity index (χ3v) is 1.89. The van der Waals surface area contributed by atoms with Crippen molar-refractivity contribution in [3.05, 3.63) is 0 Å². The van der Waals surface area contributed by atoms with Crippen LogP contribution in [0.3, 0.4) is 0 Å². The van der Waals surface area contributed by atoms with Gasteiger partial charge in [-0.1, -0.05) is 6.92 Å². The Kier molecular flexibility index (Phi) is 4.31. The first-order chi connectivity index (χ1) is 4.99. The van der Waals surface area contributed by atoms with Crippen molar-refractivity contribution in [2.75, 3.05) is 19.4 Å². The third kappa shape index (κ3) is 6.02. The van der Waals surface area contributed by atoms with Crippen LogP contribution >= 0.6 is 7.60 Å². The Morgan fingerprint density at radius 2 is 2.18 bits per heavy atom. The molecule has 0 aromatic carbocycles. The summed E-state index contributed by atoms with van der Waals surface area (Å²) in [7, 11) is -3.99. The van der Waals surface area contributed by atoms with Gasteiger partial charge < -0.3 is 9.79 Å². The summed E-state index contributed by atoms with van der Waals surface area (Å²) >= 11 is 0. The van der Waals surface area contributed by atoms with Gasteiger partial charge in [0, 0.05) is 0 Å². The van der Waals surface area contributed by atoms with E-state index in [1.807, 2.05) is 6.07 Å². The molecular formula is C5H11N2O3P. The highest BCUT2D eigenvalue weighted by Crippen LogP contribution is 2.34. The first kappa shape index (κ1) is 10.6. The number of hydrogen-bond donors (Lipinski definition) is 2. The number of nitriles is 1. The molecule has 0 heterocycles. The lowest BCUT2D eigenvalue weighted by molar-refractivity contribution is 0.306. The van der Waals surface area contributed by atoms with Crippen molar-refractivity contribution in [2.24, 2.45) is 0 Å². The predicted molar refractivity (Wildman–Crippen MR) is 39.8 cm³/mol. The van der Waals surface area contributed by atoms with Crippen molar-refractivity contribution in [3.63, 3.8) is 0 Å². The molecule has 0 aromatic rings. The van der Waals surface area contributed by atoms with Crippen LogP contribution in [0, 0.1) is 11.3 Å². The SMILES string of the molecule is CCN(CC#N)CP(=O)(O)O. The van der Waals surface area contributed by atoms with Gasteiger partial charge in [0.1, 0.15) is 6.29 Å². The Morgan fingerprint density at radius 1 is 1.64 bits per heavy atom. The molecule has 2 N–H and O–H groups in total. The van der Waals surface area contributed by atoms with E-state index >= 15 is 0 Å². The Balaban J connectivity index is 3.90. The summed E-state index contributed by atoms with van der Waals surface area (Å²) in [5.74, 6) is 0. The van der Waals surface area contributed by atoms with E-state index in [0.29, 0.717) is 6.54 Å². The van der Waals surface area contributed by atoms with E-state index in [-0.39, 0.29) is 12.8 Å². The van der Waals surface area contributed by atoms with Crippen LogP contribution < -0.4 is 0 Å². The molecule has 0 unspecified atom stereocenters. The molecule has 0 aliphatic heterocycles. The fraction of sp³-hybridized carbons (Fsp3) is 0.800. The van der Waals surface area contributed by atoms with E-state index in [9.17, 15) is 4.57 Å². The van der Waals surface area contributed by atoms with Crippen LogP contribution in [-0.4, -0.2) is 34.1 Å². The Labute approximate surface area is 65.4 Å². The molecule has 0 saturated heterocycles. The highest BCUT2D eigenvalue weighted by molar-refractivity contribution is 7.51.